The van der Waals surface area contributed by atoms with Crippen LogP contribution in [-0.4, -0.2) is 12.6 Å². The first-order valence-corrected chi connectivity index (χ1v) is 7.81. The first kappa shape index (κ1) is 16.2. The van der Waals surface area contributed by atoms with E-state index < -0.39 is 0 Å². The molecule has 0 aliphatic rings. The van der Waals surface area contributed by atoms with Crippen LogP contribution >= 0.6 is 0 Å². The summed E-state index contributed by atoms with van der Waals surface area (Å²) >= 11 is 0. The van der Waals surface area contributed by atoms with Gasteiger partial charge in [0.2, 0.25) is 0 Å². The molecule has 0 radical (unpaired) electrons. The van der Waals surface area contributed by atoms with Crippen LogP contribution in [0.3, 0.4) is 0 Å². The van der Waals surface area contributed by atoms with Crippen LogP contribution in [0.4, 0.5) is 0 Å². The molecule has 2 atom stereocenters. The molecule has 1 heteroatoms. The van der Waals surface area contributed by atoms with Crippen LogP contribution in [-0.2, 0) is 5.41 Å². The van der Waals surface area contributed by atoms with Gasteiger partial charge in [0.1, 0.15) is 0 Å². The van der Waals surface area contributed by atoms with E-state index in [2.05, 4.69) is 70.3 Å². The molecule has 1 N–H and O–H groups in total. The van der Waals surface area contributed by atoms with Crippen LogP contribution in [0.15, 0.2) is 30.3 Å². The number of nitrogens with one attached hydrogen (secondary N) is 1. The van der Waals surface area contributed by atoms with Crippen molar-refractivity contribution in [3.8, 4) is 0 Å². The second-order valence-corrected chi connectivity index (χ2v) is 6.34. The number of benzene rings is 1. The van der Waals surface area contributed by atoms with Crippen LogP contribution < -0.4 is 5.32 Å². The zero-order valence-electron chi connectivity index (χ0n) is 13.4. The molecule has 19 heavy (non-hydrogen) atoms. The van der Waals surface area contributed by atoms with Crippen molar-refractivity contribution in [2.75, 3.05) is 6.54 Å². The molecular weight excluding hydrogens is 230 g/mol. The van der Waals surface area contributed by atoms with Crippen molar-refractivity contribution in [1.29, 1.82) is 0 Å². The third-order valence-corrected chi connectivity index (χ3v) is 4.36. The monoisotopic (exact) mass is 261 g/mol. The molecular formula is C18H31N. The summed E-state index contributed by atoms with van der Waals surface area (Å²) in [6.07, 6.45) is 3.70. The molecule has 1 rings (SSSR count). The third-order valence-electron chi connectivity index (χ3n) is 4.36. The predicted octanol–water partition coefficient (Wildman–Crippen LogP) is 4.77. The predicted molar refractivity (Wildman–Crippen MR) is 85.6 cm³/mol. The van der Waals surface area contributed by atoms with Gasteiger partial charge in [-0.3, -0.25) is 0 Å². The maximum absolute atomic E-state index is 3.77. The molecule has 0 saturated heterocycles. The van der Waals surface area contributed by atoms with Gasteiger partial charge in [-0.05, 0) is 30.9 Å². The van der Waals surface area contributed by atoms with Crippen molar-refractivity contribution in [1.82, 2.24) is 5.32 Å². The van der Waals surface area contributed by atoms with E-state index in [-0.39, 0.29) is 5.41 Å². The Morgan fingerprint density at radius 2 is 1.74 bits per heavy atom. The standard InChI is InChI=1S/C18H31N/c1-6-13-19-17(14-15(3)7-2)18(4,5)16-11-9-8-10-12-16/h8-12,15,17,19H,6-7,13-14H2,1-5H3. The summed E-state index contributed by atoms with van der Waals surface area (Å²) in [7, 11) is 0. The smallest absolute Gasteiger partial charge is 0.0161 e. The van der Waals surface area contributed by atoms with Crippen LogP contribution in [0.1, 0.15) is 59.4 Å². The molecule has 0 spiro atoms. The summed E-state index contributed by atoms with van der Waals surface area (Å²) in [5.74, 6) is 0.775. The highest BCUT2D eigenvalue weighted by molar-refractivity contribution is 5.25. The summed E-state index contributed by atoms with van der Waals surface area (Å²) in [6.45, 7) is 12.7. The lowest BCUT2D eigenvalue weighted by molar-refractivity contribution is 0.283. The Morgan fingerprint density at radius 3 is 2.26 bits per heavy atom. The summed E-state index contributed by atoms with van der Waals surface area (Å²) in [5.41, 5.74) is 1.62. The van der Waals surface area contributed by atoms with Crippen molar-refractivity contribution < 1.29 is 0 Å². The lowest BCUT2D eigenvalue weighted by atomic mass is 9.74. The Hall–Kier alpha value is -0.820. The molecule has 0 amide bonds. The molecule has 0 aromatic heterocycles. The van der Waals surface area contributed by atoms with E-state index in [0.717, 1.165) is 12.5 Å². The van der Waals surface area contributed by atoms with E-state index >= 15 is 0 Å². The average molecular weight is 261 g/mol. The molecule has 1 nitrogen and oxygen atoms in total. The fourth-order valence-electron chi connectivity index (χ4n) is 2.59. The van der Waals surface area contributed by atoms with E-state index in [1.54, 1.807) is 0 Å². The van der Waals surface area contributed by atoms with E-state index in [4.69, 9.17) is 0 Å². The Bertz CT molecular complexity index is 342. The molecule has 0 aliphatic heterocycles. The molecule has 0 aliphatic carbocycles. The normalized spacial score (nSPS) is 15.2. The van der Waals surface area contributed by atoms with Crippen molar-refractivity contribution in [2.24, 2.45) is 5.92 Å². The van der Waals surface area contributed by atoms with Crippen molar-refractivity contribution in [2.45, 2.75) is 65.3 Å². The van der Waals surface area contributed by atoms with Gasteiger partial charge in [-0.2, -0.15) is 0 Å². The Labute approximate surface area is 119 Å². The maximum atomic E-state index is 3.77. The van der Waals surface area contributed by atoms with Crippen molar-refractivity contribution in [3.63, 3.8) is 0 Å². The highest BCUT2D eigenvalue weighted by Crippen LogP contribution is 2.31. The lowest BCUT2D eigenvalue weighted by Gasteiger charge is -2.37. The SMILES string of the molecule is CCCNC(CC(C)CC)C(C)(C)c1ccccc1. The van der Waals surface area contributed by atoms with Gasteiger partial charge in [0.05, 0.1) is 0 Å². The topological polar surface area (TPSA) is 12.0 Å². The van der Waals surface area contributed by atoms with Gasteiger partial charge in [0.25, 0.3) is 0 Å². The van der Waals surface area contributed by atoms with E-state index in [1.807, 2.05) is 0 Å². The zero-order chi connectivity index (χ0) is 14.3. The minimum atomic E-state index is 0.180. The minimum absolute atomic E-state index is 0.180. The van der Waals surface area contributed by atoms with Crippen molar-refractivity contribution >= 4 is 0 Å². The Balaban J connectivity index is 2.87. The van der Waals surface area contributed by atoms with E-state index in [9.17, 15) is 0 Å². The highest BCUT2D eigenvalue weighted by Gasteiger charge is 2.31. The van der Waals surface area contributed by atoms with Crippen LogP contribution in [0.25, 0.3) is 0 Å². The fraction of sp³-hybridized carbons (Fsp3) is 0.667. The summed E-state index contributed by atoms with van der Waals surface area (Å²) in [4.78, 5) is 0. The Kier molecular flexibility index (Phi) is 6.57. The molecule has 0 saturated carbocycles. The third kappa shape index (κ3) is 4.65. The molecule has 2 unspecified atom stereocenters. The minimum Gasteiger partial charge on any atom is -0.313 e. The summed E-state index contributed by atoms with van der Waals surface area (Å²) < 4.78 is 0. The Morgan fingerprint density at radius 1 is 1.11 bits per heavy atom. The number of rotatable bonds is 8. The number of hydrogen-bond donors (Lipinski definition) is 1. The second-order valence-electron chi connectivity index (χ2n) is 6.34. The summed E-state index contributed by atoms with van der Waals surface area (Å²) in [6, 6.07) is 11.5. The summed E-state index contributed by atoms with van der Waals surface area (Å²) in [5, 5.41) is 3.77. The van der Waals surface area contributed by atoms with Crippen molar-refractivity contribution in [3.05, 3.63) is 35.9 Å². The van der Waals surface area contributed by atoms with E-state index in [0.29, 0.717) is 6.04 Å². The van der Waals surface area contributed by atoms with Gasteiger partial charge in [-0.15, -0.1) is 0 Å². The quantitative estimate of drug-likeness (QED) is 0.711. The molecule has 108 valence electrons. The zero-order valence-corrected chi connectivity index (χ0v) is 13.4. The van der Waals surface area contributed by atoms with Gasteiger partial charge in [0.15, 0.2) is 0 Å². The van der Waals surface area contributed by atoms with Gasteiger partial charge < -0.3 is 5.32 Å². The fourth-order valence-corrected chi connectivity index (χ4v) is 2.59. The van der Waals surface area contributed by atoms with Gasteiger partial charge in [-0.25, -0.2) is 0 Å². The first-order chi connectivity index (χ1) is 9.02. The second kappa shape index (κ2) is 7.69. The maximum Gasteiger partial charge on any atom is 0.0161 e. The van der Waals surface area contributed by atoms with Gasteiger partial charge in [-0.1, -0.05) is 71.4 Å². The van der Waals surface area contributed by atoms with E-state index in [1.165, 1.54) is 24.8 Å². The highest BCUT2D eigenvalue weighted by atomic mass is 14.9. The molecule has 0 fully saturated rings. The van der Waals surface area contributed by atoms with Crippen LogP contribution in [0.5, 0.6) is 0 Å². The largest absolute Gasteiger partial charge is 0.313 e. The number of hydrogen-bond acceptors (Lipinski definition) is 1. The average Bonchev–Trinajstić information content (AvgIpc) is 2.43. The molecule has 0 bridgehead atoms. The molecule has 0 heterocycles. The first-order valence-electron chi connectivity index (χ1n) is 7.81. The van der Waals surface area contributed by atoms with Crippen LogP contribution in [0.2, 0.25) is 0 Å². The van der Waals surface area contributed by atoms with Crippen LogP contribution in [0, 0.1) is 5.92 Å². The lowest BCUT2D eigenvalue weighted by Crippen LogP contribution is -2.46. The molecule has 1 aromatic rings. The molecule has 1 aromatic carbocycles. The van der Waals surface area contributed by atoms with Gasteiger partial charge in [0, 0.05) is 11.5 Å². The van der Waals surface area contributed by atoms with Gasteiger partial charge >= 0.3 is 0 Å².